The number of esters is 1. The maximum Gasteiger partial charge on any atom is 0.332 e. The van der Waals surface area contributed by atoms with Gasteiger partial charge in [-0.25, -0.2) is 14.8 Å². The Hall–Kier alpha value is -2.20. The molecule has 0 aliphatic carbocycles. The summed E-state index contributed by atoms with van der Waals surface area (Å²) in [6, 6.07) is 0. The molecule has 0 unspecified atom stereocenters. The van der Waals surface area contributed by atoms with Crippen molar-refractivity contribution in [1.82, 2.24) is 19.1 Å². The summed E-state index contributed by atoms with van der Waals surface area (Å²) < 4.78 is 12.3. The van der Waals surface area contributed by atoms with Crippen LogP contribution in [-0.2, 0) is 35.0 Å². The van der Waals surface area contributed by atoms with E-state index < -0.39 is 22.5 Å². The minimum atomic E-state index is -0.574. The van der Waals surface area contributed by atoms with Crippen molar-refractivity contribution in [2.45, 2.75) is 30.7 Å². The lowest BCUT2D eigenvalue weighted by Crippen LogP contribution is -2.38. The molecule has 0 aliphatic rings. The number of aryl methyl sites for hydroxylation is 1. The Labute approximate surface area is 148 Å². The van der Waals surface area contributed by atoms with Gasteiger partial charge in [-0.2, -0.15) is 0 Å². The molecule has 2 aromatic rings. The van der Waals surface area contributed by atoms with Crippen LogP contribution < -0.4 is 11.2 Å². The highest BCUT2D eigenvalue weighted by Gasteiger charge is 2.22. The monoisotopic (exact) mass is 368 g/mol. The zero-order valence-electron chi connectivity index (χ0n) is 14.7. The van der Waals surface area contributed by atoms with Gasteiger partial charge in [0.25, 0.3) is 5.56 Å². The quantitative estimate of drug-likeness (QED) is 0.405. The highest BCUT2D eigenvalue weighted by atomic mass is 32.2. The minimum Gasteiger partial charge on any atom is -0.465 e. The fraction of sp³-hybridized carbons (Fsp3) is 0.533. The number of carbonyl (C=O) groups is 1. The number of hydrogen-bond donors (Lipinski definition) is 0. The predicted molar refractivity (Wildman–Crippen MR) is 92.7 cm³/mol. The second-order valence-corrected chi connectivity index (χ2v) is 6.62. The van der Waals surface area contributed by atoms with E-state index in [9.17, 15) is 14.4 Å². The number of fused-ring (bicyclic) bond motifs is 1. The van der Waals surface area contributed by atoms with Crippen LogP contribution in [0.15, 0.2) is 14.6 Å². The van der Waals surface area contributed by atoms with Crippen molar-refractivity contribution in [3.63, 3.8) is 0 Å². The van der Waals surface area contributed by atoms with E-state index in [1.54, 1.807) is 13.8 Å². The van der Waals surface area contributed by atoms with Crippen LogP contribution in [0, 0.1) is 0 Å². The number of aromatic nitrogens is 4. The van der Waals surface area contributed by atoms with E-state index in [4.69, 9.17) is 9.47 Å². The van der Waals surface area contributed by atoms with Crippen molar-refractivity contribution in [1.29, 1.82) is 0 Å². The van der Waals surface area contributed by atoms with Gasteiger partial charge in [0.2, 0.25) is 0 Å². The first kappa shape index (κ1) is 19.1. The van der Waals surface area contributed by atoms with Gasteiger partial charge in [-0.3, -0.25) is 18.7 Å². The zero-order chi connectivity index (χ0) is 18.7. The molecule has 9 nitrogen and oxygen atoms in total. The normalized spacial score (nSPS) is 12.4. The largest absolute Gasteiger partial charge is 0.465 e. The van der Waals surface area contributed by atoms with E-state index in [1.165, 1.54) is 25.8 Å². The number of ether oxygens (including phenoxy) is 2. The summed E-state index contributed by atoms with van der Waals surface area (Å²) in [5.74, 6) is -0.0917. The lowest BCUT2D eigenvalue weighted by molar-refractivity contribution is -0.142. The molecule has 0 saturated heterocycles. The van der Waals surface area contributed by atoms with Gasteiger partial charge in [0.15, 0.2) is 11.5 Å². The van der Waals surface area contributed by atoms with E-state index in [-0.39, 0.29) is 24.2 Å². The van der Waals surface area contributed by atoms with Crippen molar-refractivity contribution in [2.24, 2.45) is 14.1 Å². The predicted octanol–water partition coefficient (Wildman–Crippen LogP) is 0.217. The van der Waals surface area contributed by atoms with Gasteiger partial charge in [-0.1, -0.05) is 11.8 Å². The molecule has 2 aromatic heterocycles. The summed E-state index contributed by atoms with van der Waals surface area (Å²) in [7, 11) is 4.40. The van der Waals surface area contributed by atoms with E-state index >= 15 is 0 Å². The Morgan fingerprint density at radius 2 is 1.92 bits per heavy atom. The SMILES string of the molecule is CCOC(=O)[C@H](C)Sc1nc(COC)nc2c1c(=O)n(C)c(=O)n2C. The average molecular weight is 368 g/mol. The molecule has 0 amide bonds. The maximum absolute atomic E-state index is 12.6. The smallest absolute Gasteiger partial charge is 0.332 e. The molecule has 0 N–H and O–H groups in total. The topological polar surface area (TPSA) is 105 Å². The molecule has 1 atom stereocenters. The summed E-state index contributed by atoms with van der Waals surface area (Å²) in [4.78, 5) is 45.2. The summed E-state index contributed by atoms with van der Waals surface area (Å²) in [5, 5.41) is -0.0743. The van der Waals surface area contributed by atoms with Gasteiger partial charge in [0.05, 0.1) is 6.61 Å². The van der Waals surface area contributed by atoms with Crippen LogP contribution in [0.3, 0.4) is 0 Å². The molecule has 0 aliphatic heterocycles. The summed E-state index contributed by atoms with van der Waals surface area (Å²) in [5.41, 5.74) is -0.803. The summed E-state index contributed by atoms with van der Waals surface area (Å²) in [6.45, 7) is 3.76. The third-order valence-electron chi connectivity index (χ3n) is 3.49. The van der Waals surface area contributed by atoms with Crippen molar-refractivity contribution in [3.05, 3.63) is 26.7 Å². The summed E-state index contributed by atoms with van der Waals surface area (Å²) in [6.07, 6.45) is 0. The van der Waals surface area contributed by atoms with Gasteiger partial charge in [-0.15, -0.1) is 0 Å². The molecule has 0 spiro atoms. The minimum absolute atomic E-state index is 0.112. The van der Waals surface area contributed by atoms with Crippen molar-refractivity contribution >= 4 is 28.8 Å². The van der Waals surface area contributed by atoms with Crippen molar-refractivity contribution in [2.75, 3.05) is 13.7 Å². The Morgan fingerprint density at radius 3 is 2.52 bits per heavy atom. The van der Waals surface area contributed by atoms with Gasteiger partial charge >= 0.3 is 11.7 Å². The highest BCUT2D eigenvalue weighted by Crippen LogP contribution is 2.27. The number of nitrogens with zero attached hydrogens (tertiary/aromatic N) is 4. The number of methoxy groups -OCH3 is 1. The fourth-order valence-electron chi connectivity index (χ4n) is 2.23. The first-order chi connectivity index (χ1) is 11.8. The Bertz CT molecular complexity index is 921. The van der Waals surface area contributed by atoms with Gasteiger partial charge in [0, 0.05) is 21.2 Å². The maximum atomic E-state index is 12.6. The molecule has 25 heavy (non-hydrogen) atoms. The molecule has 0 saturated carbocycles. The molecular weight excluding hydrogens is 348 g/mol. The lowest BCUT2D eigenvalue weighted by atomic mass is 10.4. The molecule has 0 bridgehead atoms. The van der Waals surface area contributed by atoms with Gasteiger partial charge < -0.3 is 9.47 Å². The zero-order valence-corrected chi connectivity index (χ0v) is 15.5. The van der Waals surface area contributed by atoms with Gasteiger partial charge in [-0.05, 0) is 13.8 Å². The van der Waals surface area contributed by atoms with Crippen LogP contribution in [0.5, 0.6) is 0 Å². The number of carbonyl (C=O) groups excluding carboxylic acids is 1. The van der Waals surface area contributed by atoms with Crippen LogP contribution in [0.4, 0.5) is 0 Å². The van der Waals surface area contributed by atoms with Crippen LogP contribution >= 0.6 is 11.8 Å². The van der Waals surface area contributed by atoms with Gasteiger partial charge in [0.1, 0.15) is 22.3 Å². The van der Waals surface area contributed by atoms with Crippen LogP contribution in [0.2, 0.25) is 0 Å². The third kappa shape index (κ3) is 3.74. The average Bonchev–Trinajstić information content (AvgIpc) is 2.58. The molecule has 2 rings (SSSR count). The van der Waals surface area contributed by atoms with Crippen LogP contribution in [0.25, 0.3) is 11.0 Å². The first-order valence-electron chi connectivity index (χ1n) is 7.60. The second kappa shape index (κ2) is 7.79. The number of hydrogen-bond acceptors (Lipinski definition) is 8. The lowest BCUT2D eigenvalue weighted by Gasteiger charge is -2.14. The number of thioether (sulfide) groups is 1. The standard InChI is InChI=1S/C15H20N4O5S/c1-6-24-14(21)8(2)25-12-10-11(16-9(17-12)7-23-5)18(3)15(22)19(4)13(10)20/h8H,6-7H2,1-5H3/t8-/m0/s1. The molecular formula is C15H20N4O5S. The molecule has 0 aromatic carbocycles. The van der Waals surface area contributed by atoms with Crippen LogP contribution in [-0.4, -0.2) is 44.0 Å². The highest BCUT2D eigenvalue weighted by molar-refractivity contribution is 8.00. The first-order valence-corrected chi connectivity index (χ1v) is 8.48. The van der Waals surface area contributed by atoms with Crippen molar-refractivity contribution < 1.29 is 14.3 Å². The van der Waals surface area contributed by atoms with Crippen molar-refractivity contribution in [3.8, 4) is 0 Å². The van der Waals surface area contributed by atoms with E-state index in [0.717, 1.165) is 16.3 Å². The van der Waals surface area contributed by atoms with E-state index in [1.807, 2.05) is 0 Å². The third-order valence-corrected chi connectivity index (χ3v) is 4.56. The fourth-order valence-corrected chi connectivity index (χ4v) is 3.18. The molecule has 0 radical (unpaired) electrons. The van der Waals surface area contributed by atoms with E-state index in [0.29, 0.717) is 10.9 Å². The second-order valence-electron chi connectivity index (χ2n) is 5.29. The molecule has 0 fully saturated rings. The summed E-state index contributed by atoms with van der Waals surface area (Å²) >= 11 is 1.09. The Kier molecular flexibility index (Phi) is 5.96. The number of rotatable bonds is 6. The van der Waals surface area contributed by atoms with E-state index in [2.05, 4.69) is 9.97 Å². The Morgan fingerprint density at radius 1 is 1.24 bits per heavy atom. The molecule has 2 heterocycles. The van der Waals surface area contributed by atoms with Crippen LogP contribution in [0.1, 0.15) is 19.7 Å². The molecule has 136 valence electrons. The molecule has 10 heteroatoms. The Balaban J connectivity index is 2.70.